The first-order valence-corrected chi connectivity index (χ1v) is 6.22. The van der Waals surface area contributed by atoms with Gasteiger partial charge in [-0.1, -0.05) is 34.1 Å². The first-order chi connectivity index (χ1) is 6.09. The molecule has 0 aliphatic heterocycles. The Kier molecular flexibility index (Phi) is 3.47. The van der Waals surface area contributed by atoms with E-state index >= 15 is 0 Å². The molecule has 0 bridgehead atoms. The number of benzene rings is 1. The highest BCUT2D eigenvalue weighted by molar-refractivity contribution is 9.09. The van der Waals surface area contributed by atoms with E-state index in [0.29, 0.717) is 10.3 Å². The highest BCUT2D eigenvalue weighted by Crippen LogP contribution is 2.13. The van der Waals surface area contributed by atoms with Crippen LogP contribution in [-0.4, -0.2) is 25.2 Å². The van der Waals surface area contributed by atoms with Crippen LogP contribution < -0.4 is 0 Å². The van der Waals surface area contributed by atoms with Crippen LogP contribution in [0.25, 0.3) is 0 Å². The second-order valence-electron chi connectivity index (χ2n) is 2.54. The van der Waals surface area contributed by atoms with E-state index in [9.17, 15) is 8.42 Å². The number of hydrogen-bond acceptors (Lipinski definition) is 2. The van der Waals surface area contributed by atoms with Crippen LogP contribution in [0.5, 0.6) is 0 Å². The van der Waals surface area contributed by atoms with Gasteiger partial charge in [0.05, 0.1) is 10.3 Å². The van der Waals surface area contributed by atoms with Gasteiger partial charge in [-0.25, -0.2) is 8.42 Å². The molecule has 1 rings (SSSR count). The molecule has 0 N–H and O–H groups in total. The number of hydrogen-bond donors (Lipinski definition) is 0. The lowest BCUT2D eigenvalue weighted by molar-refractivity contribution is 0.515. The van der Waals surface area contributed by atoms with Gasteiger partial charge in [0.1, 0.15) is 0 Å². The normalized spacial score (nSPS) is 11.9. The topological polar surface area (TPSA) is 37.4 Å². The summed E-state index contributed by atoms with van der Waals surface area (Å²) < 4.78 is 24.6. The average molecular weight is 264 g/mol. The van der Waals surface area contributed by atoms with Crippen molar-refractivity contribution in [2.75, 3.05) is 12.5 Å². The lowest BCUT2D eigenvalue weighted by Gasteiger charge is -2.13. The Morgan fingerprint density at radius 3 is 2.31 bits per heavy atom. The molecule has 0 spiro atoms. The van der Waals surface area contributed by atoms with E-state index in [0.717, 1.165) is 0 Å². The Labute approximate surface area is 86.5 Å². The van der Waals surface area contributed by atoms with Gasteiger partial charge < -0.3 is 0 Å². The summed E-state index contributed by atoms with van der Waals surface area (Å²) in [6, 6.07) is 8.35. The van der Waals surface area contributed by atoms with Gasteiger partial charge in [-0.15, -0.1) is 0 Å². The van der Waals surface area contributed by atoms with Crippen LogP contribution in [0.4, 0.5) is 0 Å². The molecule has 0 saturated heterocycles. The third kappa shape index (κ3) is 2.30. The van der Waals surface area contributed by atoms with Crippen molar-refractivity contribution in [3.05, 3.63) is 30.3 Å². The van der Waals surface area contributed by atoms with Crippen molar-refractivity contribution in [2.24, 2.45) is 0 Å². The molecule has 0 saturated carbocycles. The lowest BCUT2D eigenvalue weighted by atomic mass is 10.4. The fraction of sp³-hybridized carbons (Fsp3) is 0.250. The Balaban J connectivity index is 3.09. The summed E-state index contributed by atoms with van der Waals surface area (Å²) in [6.07, 6.45) is 0. The summed E-state index contributed by atoms with van der Waals surface area (Å²) in [5.74, 6) is 0. The van der Waals surface area contributed by atoms with Gasteiger partial charge >= 0.3 is 0 Å². The molecular weight excluding hydrogens is 254 g/mol. The maximum absolute atomic E-state index is 11.7. The van der Waals surface area contributed by atoms with Gasteiger partial charge in [-0.3, -0.25) is 0 Å². The summed E-state index contributed by atoms with van der Waals surface area (Å²) in [6.45, 7) is 0. The van der Waals surface area contributed by atoms with Crippen molar-refractivity contribution in [3.63, 3.8) is 0 Å². The standard InChI is InChI=1S/C8H10BrNO2S/c1-10(7-9)13(11,12)8-5-3-2-4-6-8/h2-6H,7H2,1H3. The lowest BCUT2D eigenvalue weighted by Crippen LogP contribution is -2.25. The second kappa shape index (κ2) is 4.21. The maximum Gasteiger partial charge on any atom is 0.243 e. The maximum atomic E-state index is 11.7. The van der Waals surface area contributed by atoms with Gasteiger partial charge in [0.25, 0.3) is 0 Å². The van der Waals surface area contributed by atoms with Crippen LogP contribution >= 0.6 is 15.9 Å². The van der Waals surface area contributed by atoms with Crippen molar-refractivity contribution in [1.82, 2.24) is 4.31 Å². The van der Waals surface area contributed by atoms with Crippen molar-refractivity contribution in [2.45, 2.75) is 4.90 Å². The van der Waals surface area contributed by atoms with Gasteiger partial charge in [0, 0.05) is 7.05 Å². The third-order valence-corrected chi connectivity index (χ3v) is 4.52. The molecule has 0 atom stereocenters. The molecule has 1 aromatic rings. The van der Waals surface area contributed by atoms with E-state index in [-0.39, 0.29) is 0 Å². The fourth-order valence-electron chi connectivity index (χ4n) is 0.837. The van der Waals surface area contributed by atoms with E-state index in [4.69, 9.17) is 0 Å². The molecule has 1 aromatic carbocycles. The van der Waals surface area contributed by atoms with Gasteiger partial charge in [0.15, 0.2) is 0 Å². The predicted molar refractivity (Wildman–Crippen MR) is 55.2 cm³/mol. The largest absolute Gasteiger partial charge is 0.243 e. The van der Waals surface area contributed by atoms with E-state index in [1.165, 1.54) is 11.4 Å². The van der Waals surface area contributed by atoms with Crippen molar-refractivity contribution in [1.29, 1.82) is 0 Å². The van der Waals surface area contributed by atoms with E-state index in [1.807, 2.05) is 0 Å². The SMILES string of the molecule is CN(CBr)S(=O)(=O)c1ccccc1. The first kappa shape index (κ1) is 10.7. The Morgan fingerprint density at radius 1 is 1.31 bits per heavy atom. The number of alkyl halides is 1. The molecule has 0 amide bonds. The zero-order chi connectivity index (χ0) is 9.90. The van der Waals surface area contributed by atoms with Crippen LogP contribution in [0.3, 0.4) is 0 Å². The van der Waals surface area contributed by atoms with Gasteiger partial charge in [-0.2, -0.15) is 4.31 Å². The molecule has 72 valence electrons. The van der Waals surface area contributed by atoms with Gasteiger partial charge in [0.2, 0.25) is 10.0 Å². The highest BCUT2D eigenvalue weighted by atomic mass is 79.9. The summed E-state index contributed by atoms with van der Waals surface area (Å²) in [5, 5.41) is 0. The van der Waals surface area contributed by atoms with Crippen LogP contribution in [0.1, 0.15) is 0 Å². The van der Waals surface area contributed by atoms with E-state index < -0.39 is 10.0 Å². The molecule has 0 fully saturated rings. The smallest absolute Gasteiger partial charge is 0.207 e. The molecule has 0 radical (unpaired) electrons. The summed E-state index contributed by atoms with van der Waals surface area (Å²) in [4.78, 5) is 0.317. The molecule has 5 heteroatoms. The molecule has 0 aliphatic carbocycles. The Bertz CT molecular complexity index is 363. The number of nitrogens with zero attached hydrogens (tertiary/aromatic N) is 1. The summed E-state index contributed by atoms with van der Waals surface area (Å²) in [7, 11) is -1.78. The monoisotopic (exact) mass is 263 g/mol. The minimum atomic E-state index is -3.30. The minimum Gasteiger partial charge on any atom is -0.207 e. The Morgan fingerprint density at radius 2 is 1.85 bits per heavy atom. The number of halogens is 1. The van der Waals surface area contributed by atoms with Crippen molar-refractivity contribution in [3.8, 4) is 0 Å². The van der Waals surface area contributed by atoms with E-state index in [2.05, 4.69) is 15.9 Å². The quantitative estimate of drug-likeness (QED) is 0.615. The number of sulfonamides is 1. The molecule has 0 aromatic heterocycles. The molecule has 13 heavy (non-hydrogen) atoms. The van der Waals surface area contributed by atoms with Crippen molar-refractivity contribution < 1.29 is 8.42 Å². The number of rotatable bonds is 3. The van der Waals surface area contributed by atoms with Crippen LogP contribution in [0.15, 0.2) is 35.2 Å². The molecule has 0 heterocycles. The predicted octanol–water partition coefficient (Wildman–Crippen LogP) is 1.66. The van der Waals surface area contributed by atoms with Crippen LogP contribution in [0.2, 0.25) is 0 Å². The molecule has 0 aliphatic rings. The van der Waals surface area contributed by atoms with E-state index in [1.54, 1.807) is 30.3 Å². The fourth-order valence-corrected chi connectivity index (χ4v) is 2.63. The zero-order valence-electron chi connectivity index (χ0n) is 7.14. The van der Waals surface area contributed by atoms with Gasteiger partial charge in [-0.05, 0) is 12.1 Å². The zero-order valence-corrected chi connectivity index (χ0v) is 9.55. The Hall–Kier alpha value is -0.390. The van der Waals surface area contributed by atoms with Crippen molar-refractivity contribution >= 4 is 26.0 Å². The molecule has 0 unspecified atom stereocenters. The molecule has 3 nitrogen and oxygen atoms in total. The second-order valence-corrected chi connectivity index (χ2v) is 5.08. The molecular formula is C8H10BrNO2S. The average Bonchev–Trinajstić information content (AvgIpc) is 2.18. The highest BCUT2D eigenvalue weighted by Gasteiger charge is 2.18. The first-order valence-electron chi connectivity index (χ1n) is 3.66. The van der Waals surface area contributed by atoms with Crippen LogP contribution in [-0.2, 0) is 10.0 Å². The summed E-state index contributed by atoms with van der Waals surface area (Å²) in [5.41, 5.74) is 0.296. The minimum absolute atomic E-state index is 0.296. The van der Waals surface area contributed by atoms with Crippen LogP contribution in [0, 0.1) is 0 Å². The summed E-state index contributed by atoms with van der Waals surface area (Å²) >= 11 is 3.09. The third-order valence-electron chi connectivity index (χ3n) is 1.62.